The second kappa shape index (κ2) is 6.44. The molecule has 1 heterocycles. The van der Waals surface area contributed by atoms with Crippen molar-refractivity contribution >= 4 is 33.6 Å². The predicted octanol–water partition coefficient (Wildman–Crippen LogP) is 2.32. The molecule has 0 bridgehead atoms. The number of halogens is 1. The number of urea groups is 1. The van der Waals surface area contributed by atoms with Gasteiger partial charge in [0.1, 0.15) is 0 Å². The zero-order valence-electron chi connectivity index (χ0n) is 12.0. The number of anilines is 1. The van der Waals surface area contributed by atoms with Crippen molar-refractivity contribution in [3.63, 3.8) is 0 Å². The van der Waals surface area contributed by atoms with Gasteiger partial charge in [-0.3, -0.25) is 0 Å². The molecule has 2 N–H and O–H groups in total. The van der Waals surface area contributed by atoms with Gasteiger partial charge < -0.3 is 20.2 Å². The molecule has 1 saturated heterocycles. The van der Waals surface area contributed by atoms with Crippen LogP contribution in [0.25, 0.3) is 0 Å². The fourth-order valence-electron chi connectivity index (χ4n) is 2.18. The summed E-state index contributed by atoms with van der Waals surface area (Å²) >= 11 is 3.32. The monoisotopic (exact) mass is 355 g/mol. The molecule has 21 heavy (non-hydrogen) atoms. The number of aromatic carboxylic acids is 1. The van der Waals surface area contributed by atoms with Crippen molar-refractivity contribution in [2.45, 2.75) is 13.0 Å². The Bertz CT molecular complexity index is 564. The summed E-state index contributed by atoms with van der Waals surface area (Å²) < 4.78 is 0.656. The molecule has 114 valence electrons. The Morgan fingerprint density at radius 3 is 2.71 bits per heavy atom. The molecule has 0 aromatic heterocycles. The fourth-order valence-corrected chi connectivity index (χ4v) is 2.53. The van der Waals surface area contributed by atoms with Crippen LogP contribution in [0, 0.1) is 0 Å². The number of nitrogens with one attached hydrogen (secondary N) is 1. The largest absolute Gasteiger partial charge is 0.478 e. The smallest absolute Gasteiger partial charge is 0.335 e. The van der Waals surface area contributed by atoms with Gasteiger partial charge in [0, 0.05) is 30.1 Å². The van der Waals surface area contributed by atoms with Gasteiger partial charge in [-0.1, -0.05) is 0 Å². The van der Waals surface area contributed by atoms with E-state index >= 15 is 0 Å². The molecule has 6 nitrogen and oxygen atoms in total. The minimum atomic E-state index is -1.02. The van der Waals surface area contributed by atoms with Gasteiger partial charge >= 0.3 is 12.0 Å². The van der Waals surface area contributed by atoms with Crippen LogP contribution in [0.15, 0.2) is 22.7 Å². The van der Waals surface area contributed by atoms with Gasteiger partial charge in [-0.05, 0) is 48.1 Å². The zero-order valence-corrected chi connectivity index (χ0v) is 13.6. The minimum absolute atomic E-state index is 0.139. The van der Waals surface area contributed by atoms with E-state index in [9.17, 15) is 9.59 Å². The van der Waals surface area contributed by atoms with Gasteiger partial charge in [-0.25, -0.2) is 9.59 Å². The van der Waals surface area contributed by atoms with Gasteiger partial charge in [-0.2, -0.15) is 0 Å². The Labute approximate surface area is 131 Å². The van der Waals surface area contributed by atoms with Gasteiger partial charge in [0.05, 0.1) is 11.3 Å². The summed E-state index contributed by atoms with van der Waals surface area (Å²) in [6, 6.07) is 4.65. The molecule has 1 aliphatic rings. The molecular formula is C14H18BrN3O3. The summed E-state index contributed by atoms with van der Waals surface area (Å²) in [6.07, 6.45) is 0. The molecule has 1 unspecified atom stereocenters. The number of hydrogen-bond acceptors (Lipinski definition) is 3. The maximum absolute atomic E-state index is 12.3. The third-order valence-corrected chi connectivity index (χ3v) is 4.39. The number of nitrogens with zero attached hydrogens (tertiary/aromatic N) is 2. The van der Waals surface area contributed by atoms with Crippen LogP contribution in [0.4, 0.5) is 10.5 Å². The van der Waals surface area contributed by atoms with E-state index in [1.807, 2.05) is 7.05 Å². The number of likely N-dealkylation sites (N-methyl/N-ethyl adjacent to an activating group) is 1. The van der Waals surface area contributed by atoms with Crippen molar-refractivity contribution in [2.75, 3.05) is 32.0 Å². The van der Waals surface area contributed by atoms with Crippen molar-refractivity contribution in [3.8, 4) is 0 Å². The van der Waals surface area contributed by atoms with Crippen molar-refractivity contribution in [1.29, 1.82) is 0 Å². The summed E-state index contributed by atoms with van der Waals surface area (Å²) in [7, 11) is 2.03. The molecule has 0 spiro atoms. The molecule has 1 aliphatic heterocycles. The SMILES string of the molecule is CC1CN(C(=O)Nc2cc(C(=O)O)ccc2Br)CCN1C. The number of carbonyl (C=O) groups is 2. The zero-order chi connectivity index (χ0) is 15.6. The summed E-state index contributed by atoms with van der Waals surface area (Å²) in [6.45, 7) is 4.20. The molecule has 2 amide bonds. The average molecular weight is 356 g/mol. The Balaban J connectivity index is 2.09. The first-order valence-corrected chi connectivity index (χ1v) is 7.47. The highest BCUT2D eigenvalue weighted by atomic mass is 79.9. The number of amides is 2. The summed E-state index contributed by atoms with van der Waals surface area (Å²) in [5.74, 6) is -1.02. The molecular weight excluding hydrogens is 338 g/mol. The van der Waals surface area contributed by atoms with Crippen LogP contribution in [-0.2, 0) is 0 Å². The number of piperazine rings is 1. The molecule has 0 aliphatic carbocycles. The van der Waals surface area contributed by atoms with Crippen LogP contribution in [0.2, 0.25) is 0 Å². The number of carboxylic acids is 1. The fraction of sp³-hybridized carbons (Fsp3) is 0.429. The van der Waals surface area contributed by atoms with E-state index in [1.165, 1.54) is 12.1 Å². The van der Waals surface area contributed by atoms with Crippen molar-refractivity contribution in [1.82, 2.24) is 9.80 Å². The Morgan fingerprint density at radius 1 is 1.38 bits per heavy atom. The lowest BCUT2D eigenvalue weighted by Crippen LogP contribution is -2.53. The second-order valence-corrected chi connectivity index (χ2v) is 6.06. The lowest BCUT2D eigenvalue weighted by atomic mass is 10.2. The molecule has 1 atom stereocenters. The van der Waals surface area contributed by atoms with E-state index in [-0.39, 0.29) is 11.6 Å². The van der Waals surface area contributed by atoms with Crippen LogP contribution in [0.1, 0.15) is 17.3 Å². The standard InChI is InChI=1S/C14H18BrN3O3/c1-9-8-18(6-5-17(9)2)14(21)16-12-7-10(13(19)20)3-4-11(12)15/h3-4,7,9H,5-6,8H2,1-2H3,(H,16,21)(H,19,20). The van der Waals surface area contributed by atoms with E-state index in [2.05, 4.69) is 33.1 Å². The molecule has 1 aromatic rings. The van der Waals surface area contributed by atoms with Crippen LogP contribution in [0.5, 0.6) is 0 Å². The lowest BCUT2D eigenvalue weighted by molar-refractivity contribution is 0.0697. The van der Waals surface area contributed by atoms with Crippen LogP contribution < -0.4 is 5.32 Å². The molecule has 0 saturated carbocycles. The molecule has 0 radical (unpaired) electrons. The third kappa shape index (κ3) is 3.74. The molecule has 1 aromatic carbocycles. The Hall–Kier alpha value is -1.60. The van der Waals surface area contributed by atoms with Gasteiger partial charge in [0.15, 0.2) is 0 Å². The lowest BCUT2D eigenvalue weighted by Gasteiger charge is -2.37. The molecule has 7 heteroatoms. The van der Waals surface area contributed by atoms with Gasteiger partial charge in [0.2, 0.25) is 0 Å². The highest BCUT2D eigenvalue weighted by Crippen LogP contribution is 2.24. The highest BCUT2D eigenvalue weighted by Gasteiger charge is 2.24. The average Bonchev–Trinajstić information content (AvgIpc) is 2.43. The van der Waals surface area contributed by atoms with Gasteiger partial charge in [0.25, 0.3) is 0 Å². The van der Waals surface area contributed by atoms with Crippen LogP contribution in [0.3, 0.4) is 0 Å². The first-order valence-electron chi connectivity index (χ1n) is 6.67. The number of carboxylic acid groups (broad SMARTS) is 1. The topological polar surface area (TPSA) is 72.9 Å². The maximum Gasteiger partial charge on any atom is 0.335 e. The van der Waals surface area contributed by atoms with E-state index in [4.69, 9.17) is 5.11 Å². The van der Waals surface area contributed by atoms with Crippen molar-refractivity contribution in [3.05, 3.63) is 28.2 Å². The van der Waals surface area contributed by atoms with E-state index < -0.39 is 5.97 Å². The highest BCUT2D eigenvalue weighted by molar-refractivity contribution is 9.10. The molecule has 2 rings (SSSR count). The van der Waals surface area contributed by atoms with E-state index in [1.54, 1.807) is 11.0 Å². The minimum Gasteiger partial charge on any atom is -0.478 e. The Kier molecular flexibility index (Phi) is 4.84. The quantitative estimate of drug-likeness (QED) is 0.853. The summed E-state index contributed by atoms with van der Waals surface area (Å²) in [4.78, 5) is 27.2. The summed E-state index contributed by atoms with van der Waals surface area (Å²) in [5.41, 5.74) is 0.603. The van der Waals surface area contributed by atoms with Crippen LogP contribution >= 0.6 is 15.9 Å². The Morgan fingerprint density at radius 2 is 2.10 bits per heavy atom. The first kappa shape index (κ1) is 15.8. The second-order valence-electron chi connectivity index (χ2n) is 5.21. The predicted molar refractivity (Wildman–Crippen MR) is 83.8 cm³/mol. The van der Waals surface area contributed by atoms with Crippen LogP contribution in [-0.4, -0.2) is 59.6 Å². The van der Waals surface area contributed by atoms with Crippen molar-refractivity contribution in [2.24, 2.45) is 0 Å². The summed E-state index contributed by atoms with van der Waals surface area (Å²) in [5, 5.41) is 11.8. The van der Waals surface area contributed by atoms with E-state index in [0.29, 0.717) is 29.3 Å². The number of benzene rings is 1. The number of rotatable bonds is 2. The number of carbonyl (C=O) groups excluding carboxylic acids is 1. The van der Waals surface area contributed by atoms with E-state index in [0.717, 1.165) is 6.54 Å². The van der Waals surface area contributed by atoms with Crippen molar-refractivity contribution < 1.29 is 14.7 Å². The molecule has 1 fully saturated rings. The number of hydrogen-bond donors (Lipinski definition) is 2. The van der Waals surface area contributed by atoms with Gasteiger partial charge in [-0.15, -0.1) is 0 Å². The third-order valence-electron chi connectivity index (χ3n) is 3.70. The maximum atomic E-state index is 12.3. The normalized spacial score (nSPS) is 19.4. The first-order chi connectivity index (χ1) is 9.88.